The van der Waals surface area contributed by atoms with Gasteiger partial charge in [-0.05, 0) is 49.5 Å². The quantitative estimate of drug-likeness (QED) is 0.750. The molecule has 3 nitrogen and oxygen atoms in total. The lowest BCUT2D eigenvalue weighted by Gasteiger charge is -2.51. The molecule has 0 unspecified atom stereocenters. The summed E-state index contributed by atoms with van der Waals surface area (Å²) in [5.74, 6) is -0.527. The minimum Gasteiger partial charge on any atom is -0.481 e. The lowest BCUT2D eigenvalue weighted by molar-refractivity contribution is -0.158. The first-order valence-corrected chi connectivity index (χ1v) is 6.33. The Morgan fingerprint density at radius 1 is 1.47 bits per heavy atom. The molecule has 1 saturated carbocycles. The van der Waals surface area contributed by atoms with Gasteiger partial charge in [0.2, 0.25) is 0 Å². The van der Waals surface area contributed by atoms with Crippen molar-refractivity contribution in [3.63, 3.8) is 0 Å². The number of rotatable bonds is 2. The van der Waals surface area contributed by atoms with E-state index in [2.05, 4.69) is 6.92 Å². The van der Waals surface area contributed by atoms with Gasteiger partial charge in [0.25, 0.3) is 0 Å². The van der Waals surface area contributed by atoms with Gasteiger partial charge in [0, 0.05) is 0 Å². The summed E-state index contributed by atoms with van der Waals surface area (Å²) in [7, 11) is 0. The number of aliphatic carboxylic acids is 1. The van der Waals surface area contributed by atoms with Crippen molar-refractivity contribution in [3.8, 4) is 0 Å². The van der Waals surface area contributed by atoms with Crippen LogP contribution >= 0.6 is 0 Å². The van der Waals surface area contributed by atoms with Gasteiger partial charge in [-0.2, -0.15) is 0 Å². The molecule has 0 heterocycles. The van der Waals surface area contributed by atoms with Crippen LogP contribution in [0.25, 0.3) is 0 Å². The van der Waals surface area contributed by atoms with Crippen molar-refractivity contribution in [2.24, 2.45) is 16.7 Å². The van der Waals surface area contributed by atoms with Crippen molar-refractivity contribution in [3.05, 3.63) is 11.6 Å². The maximum absolute atomic E-state index is 11.5. The summed E-state index contributed by atoms with van der Waals surface area (Å²) in [4.78, 5) is 22.4. The lowest BCUT2D eigenvalue weighted by atomic mass is 9.52. The van der Waals surface area contributed by atoms with E-state index in [4.69, 9.17) is 0 Å². The largest absolute Gasteiger partial charge is 0.481 e. The molecule has 0 aromatic heterocycles. The maximum Gasteiger partial charge on any atom is 0.309 e. The number of aldehydes is 1. The fourth-order valence-corrected chi connectivity index (χ4v) is 3.89. The average Bonchev–Trinajstić information content (AvgIpc) is 2.27. The Morgan fingerprint density at radius 3 is 2.76 bits per heavy atom. The average molecular weight is 236 g/mol. The second kappa shape index (κ2) is 3.97. The third-order valence-electron chi connectivity index (χ3n) is 4.85. The van der Waals surface area contributed by atoms with Gasteiger partial charge in [-0.25, -0.2) is 0 Å². The monoisotopic (exact) mass is 236 g/mol. The zero-order valence-electron chi connectivity index (χ0n) is 10.5. The summed E-state index contributed by atoms with van der Waals surface area (Å²) in [5.41, 5.74) is 0.107. The smallest absolute Gasteiger partial charge is 0.309 e. The fourth-order valence-electron chi connectivity index (χ4n) is 3.89. The van der Waals surface area contributed by atoms with Gasteiger partial charge in [0.05, 0.1) is 5.41 Å². The van der Waals surface area contributed by atoms with Crippen molar-refractivity contribution in [2.45, 2.75) is 46.0 Å². The predicted octanol–water partition coefficient (Wildman–Crippen LogP) is 2.80. The van der Waals surface area contributed by atoms with Crippen LogP contribution in [-0.2, 0) is 9.59 Å². The Labute approximate surface area is 102 Å². The molecule has 0 aromatic carbocycles. The molecule has 2 aliphatic rings. The first kappa shape index (κ1) is 12.3. The molecule has 3 atom stereocenters. The number of hydrogen-bond donors (Lipinski definition) is 1. The molecule has 94 valence electrons. The number of carbonyl (C=O) groups is 2. The van der Waals surface area contributed by atoms with E-state index < -0.39 is 11.4 Å². The third kappa shape index (κ3) is 1.81. The van der Waals surface area contributed by atoms with Gasteiger partial charge in [-0.3, -0.25) is 9.59 Å². The normalized spacial score (nSPS) is 41.3. The molecule has 0 aliphatic heterocycles. The number of carboxylic acids is 1. The van der Waals surface area contributed by atoms with E-state index in [0.29, 0.717) is 0 Å². The van der Waals surface area contributed by atoms with Crippen LogP contribution in [0.2, 0.25) is 0 Å². The Balaban J connectivity index is 2.40. The summed E-state index contributed by atoms with van der Waals surface area (Å²) in [6, 6.07) is 0. The molecular formula is C14H20O3. The second-order valence-corrected chi connectivity index (χ2v) is 6.01. The number of carbonyl (C=O) groups excluding carboxylic acids is 1. The molecular weight excluding hydrogens is 216 g/mol. The standard InChI is InChI=1S/C14H20O3/c1-13-6-3-7-14(2,12(16)17)11(13)5-4-10(8-13)9-15/h8-9,11H,3-7H2,1-2H3,(H,16,17)/t11-,13-,14+/m1/s1. The van der Waals surface area contributed by atoms with E-state index in [0.717, 1.165) is 44.0 Å². The van der Waals surface area contributed by atoms with Crippen molar-refractivity contribution >= 4 is 12.3 Å². The molecule has 0 radical (unpaired) electrons. The zero-order valence-corrected chi connectivity index (χ0v) is 10.5. The van der Waals surface area contributed by atoms with Crippen LogP contribution in [0, 0.1) is 16.7 Å². The first-order chi connectivity index (χ1) is 7.92. The van der Waals surface area contributed by atoms with Crippen LogP contribution in [0.1, 0.15) is 46.0 Å². The molecule has 0 bridgehead atoms. The van der Waals surface area contributed by atoms with Crippen molar-refractivity contribution in [1.82, 2.24) is 0 Å². The zero-order chi connectivity index (χ0) is 12.7. The Hall–Kier alpha value is -1.12. The first-order valence-electron chi connectivity index (χ1n) is 6.33. The van der Waals surface area contributed by atoms with Gasteiger partial charge in [-0.1, -0.05) is 19.4 Å². The van der Waals surface area contributed by atoms with Gasteiger partial charge < -0.3 is 5.11 Å². The third-order valence-corrected chi connectivity index (χ3v) is 4.85. The summed E-state index contributed by atoms with van der Waals surface area (Å²) >= 11 is 0. The van der Waals surface area contributed by atoms with E-state index in [1.54, 1.807) is 0 Å². The molecule has 2 rings (SSSR count). The molecule has 1 N–H and O–H groups in total. The second-order valence-electron chi connectivity index (χ2n) is 6.01. The molecule has 3 heteroatoms. The summed E-state index contributed by atoms with van der Waals surface area (Å²) < 4.78 is 0. The highest BCUT2D eigenvalue weighted by molar-refractivity contribution is 5.76. The van der Waals surface area contributed by atoms with Crippen molar-refractivity contribution in [2.75, 3.05) is 0 Å². The van der Waals surface area contributed by atoms with E-state index in [-0.39, 0.29) is 11.3 Å². The lowest BCUT2D eigenvalue weighted by Crippen LogP contribution is -2.48. The Bertz CT molecular complexity index is 385. The van der Waals surface area contributed by atoms with Crippen LogP contribution in [0.5, 0.6) is 0 Å². The topological polar surface area (TPSA) is 54.4 Å². The highest BCUT2D eigenvalue weighted by Crippen LogP contribution is 2.56. The van der Waals surface area contributed by atoms with Crippen molar-refractivity contribution < 1.29 is 14.7 Å². The highest BCUT2D eigenvalue weighted by atomic mass is 16.4. The summed E-state index contributed by atoms with van der Waals surface area (Å²) in [5, 5.41) is 9.48. The number of hydrogen-bond acceptors (Lipinski definition) is 2. The van der Waals surface area contributed by atoms with Crippen LogP contribution in [0.4, 0.5) is 0 Å². The van der Waals surface area contributed by atoms with E-state index in [9.17, 15) is 14.7 Å². The molecule has 0 amide bonds. The minimum absolute atomic E-state index is 0.111. The molecule has 2 aliphatic carbocycles. The fraction of sp³-hybridized carbons (Fsp3) is 0.714. The molecule has 0 saturated heterocycles. The van der Waals surface area contributed by atoms with E-state index >= 15 is 0 Å². The molecule has 0 aromatic rings. The number of carboxylic acid groups (broad SMARTS) is 1. The predicted molar refractivity (Wildman–Crippen MR) is 64.6 cm³/mol. The molecule has 1 fully saturated rings. The van der Waals surface area contributed by atoms with Gasteiger partial charge in [0.1, 0.15) is 6.29 Å². The van der Waals surface area contributed by atoms with E-state index in [1.807, 2.05) is 13.0 Å². The molecule has 0 spiro atoms. The number of fused-ring (bicyclic) bond motifs is 1. The van der Waals surface area contributed by atoms with Crippen LogP contribution < -0.4 is 0 Å². The summed E-state index contributed by atoms with van der Waals surface area (Å²) in [6.07, 6.45) is 7.20. The van der Waals surface area contributed by atoms with Gasteiger partial charge in [0.15, 0.2) is 0 Å². The van der Waals surface area contributed by atoms with Crippen molar-refractivity contribution in [1.29, 1.82) is 0 Å². The van der Waals surface area contributed by atoms with E-state index in [1.165, 1.54) is 0 Å². The minimum atomic E-state index is -0.684. The SMILES string of the molecule is C[C@@]12C=C(C=O)CC[C@H]1[C@@](C)(C(=O)O)CCC2. The van der Waals surface area contributed by atoms with Gasteiger partial charge >= 0.3 is 5.97 Å². The van der Waals surface area contributed by atoms with Crippen LogP contribution in [-0.4, -0.2) is 17.4 Å². The maximum atomic E-state index is 11.5. The number of allylic oxidation sites excluding steroid dienone is 2. The summed E-state index contributed by atoms with van der Waals surface area (Å²) in [6.45, 7) is 3.98. The van der Waals surface area contributed by atoms with Crippen LogP contribution in [0.3, 0.4) is 0 Å². The molecule has 17 heavy (non-hydrogen) atoms. The Morgan fingerprint density at radius 2 is 2.18 bits per heavy atom. The highest BCUT2D eigenvalue weighted by Gasteiger charge is 2.52. The van der Waals surface area contributed by atoms with Gasteiger partial charge in [-0.15, -0.1) is 0 Å². The Kier molecular flexibility index (Phi) is 2.88. The van der Waals surface area contributed by atoms with Crippen LogP contribution in [0.15, 0.2) is 11.6 Å².